The van der Waals surface area contributed by atoms with Gasteiger partial charge in [0, 0.05) is 51.6 Å². The monoisotopic (exact) mass is 937 g/mol. The molecule has 5 rings (SSSR count). The summed E-state index contributed by atoms with van der Waals surface area (Å²) in [6.45, 7) is 7.44. The highest BCUT2D eigenvalue weighted by Gasteiger charge is 2.64. The van der Waals surface area contributed by atoms with Crippen molar-refractivity contribution < 1.29 is 82.2 Å². The molecule has 0 radical (unpaired) electrons. The van der Waals surface area contributed by atoms with Crippen LogP contribution in [0.2, 0.25) is 0 Å². The molecule has 2 saturated heterocycles. The molecule has 362 valence electrons. The number of unbranched alkanes of at least 4 members (excludes halogenated alkanes) is 14. The van der Waals surface area contributed by atoms with Gasteiger partial charge in [0.15, 0.2) is 11.6 Å². The van der Waals surface area contributed by atoms with Crippen LogP contribution in [0.5, 0.6) is 0 Å². The molecule has 0 aliphatic carbocycles. The van der Waals surface area contributed by atoms with Gasteiger partial charge >= 0.3 is 11.9 Å². The van der Waals surface area contributed by atoms with E-state index in [-0.39, 0.29) is 73.3 Å². The summed E-state index contributed by atoms with van der Waals surface area (Å²) in [7, 11) is 0. The van der Waals surface area contributed by atoms with Crippen molar-refractivity contribution in [1.82, 2.24) is 15.5 Å². The summed E-state index contributed by atoms with van der Waals surface area (Å²) in [6.07, 6.45) is 33.2. The quantitative estimate of drug-likeness (QED) is 0.0245. The number of guanidine groups is 1. The fourth-order valence-corrected chi connectivity index (χ4v) is 10.7. The number of ether oxygens (including phenoxy) is 3. The number of hydrogen-bond donors (Lipinski definition) is 5. The molecule has 0 aromatic carbocycles. The van der Waals surface area contributed by atoms with Gasteiger partial charge in [0.05, 0.1) is 50.1 Å². The maximum absolute atomic E-state index is 14.1. The van der Waals surface area contributed by atoms with Crippen LogP contribution in [0.4, 0.5) is 0 Å². The van der Waals surface area contributed by atoms with Gasteiger partial charge in [-0.3, -0.25) is 14.2 Å². The Hall–Kier alpha value is -1.38. The second kappa shape index (κ2) is 30.0. The highest BCUT2D eigenvalue weighted by molar-refractivity contribution is 5.82. The summed E-state index contributed by atoms with van der Waals surface area (Å²) in [6, 6.07) is 0.403. The van der Waals surface area contributed by atoms with Gasteiger partial charge in [0.2, 0.25) is 11.6 Å². The lowest BCUT2D eigenvalue weighted by Crippen LogP contribution is -3.00. The van der Waals surface area contributed by atoms with E-state index in [4.69, 9.17) is 14.2 Å². The highest BCUT2D eigenvalue weighted by atomic mass is 35.5. The van der Waals surface area contributed by atoms with Crippen molar-refractivity contribution in [3.63, 3.8) is 0 Å². The molecular formula is C47H87Cl3N6O6. The van der Waals surface area contributed by atoms with Crippen LogP contribution in [-0.2, 0) is 23.8 Å². The van der Waals surface area contributed by atoms with Crippen molar-refractivity contribution in [1.29, 1.82) is 0 Å². The Kier molecular flexibility index (Phi) is 27.5. The fraction of sp³-hybridized carbons (Fsp3) is 0.894. The van der Waals surface area contributed by atoms with Crippen molar-refractivity contribution in [2.45, 2.75) is 229 Å². The molecule has 5 heterocycles. The average molecular weight is 939 g/mol. The van der Waals surface area contributed by atoms with Crippen LogP contribution in [0.15, 0.2) is 12.2 Å². The molecule has 8 atom stereocenters. The number of amides is 1. The van der Waals surface area contributed by atoms with Gasteiger partial charge in [0.1, 0.15) is 0 Å². The number of hydrogen-bond acceptors (Lipinski definition) is 8. The SMILES string of the molecule is CC[C@H]1C=CCC[C@@]2(C[C@@H]3CC[C@@H]4[C@H](C(=O)OCCCCCCCCCCCCCCCCCC(=O)N(CCC[NH3+])C[C@@H](O)CC[NH3+])[C@]5(CCC[C@@H](C)O5)NC(=[N+]34)N2)O1.[Cl-].[Cl-].[Cl-]. The van der Waals surface area contributed by atoms with Crippen LogP contribution >= 0.6 is 0 Å². The van der Waals surface area contributed by atoms with Crippen LogP contribution in [0, 0.1) is 5.92 Å². The number of nitrogens with zero attached hydrogens (tertiary/aromatic N) is 2. The van der Waals surface area contributed by atoms with Crippen LogP contribution in [0.3, 0.4) is 0 Å². The summed E-state index contributed by atoms with van der Waals surface area (Å²) in [4.78, 5) is 28.6. The topological polar surface area (TPSA) is 168 Å². The molecule has 62 heavy (non-hydrogen) atoms. The summed E-state index contributed by atoms with van der Waals surface area (Å²) >= 11 is 0. The first-order valence-corrected chi connectivity index (χ1v) is 24.7. The van der Waals surface area contributed by atoms with E-state index >= 15 is 0 Å². The standard InChI is InChI=1S/C47H84N6O6.3ClH/c1-3-40-24-18-19-29-46(59-40)35-38-26-27-41-43(47(30-21-23-37(2)58-47)51-45(50-46)53(38)41)44(56)57-34-20-16-14-12-10-8-6-4-5-7-9-11-13-15-17-25-42(55)52(33-22-31-48)36-39(54)28-32-49;;;/h18,24,37-41,43,54H,3-17,19-23,25-36,48-49H2,1-2H3,(H,50,51);3*1H/t37-,38+,39+,40+,41-,43-,46+,47-;;;/m1.../s1. The third-order valence-corrected chi connectivity index (χ3v) is 13.9. The number of nitrogens with one attached hydrogen (secondary N) is 2. The Labute approximate surface area is 393 Å². The smallest absolute Gasteiger partial charge is 0.350 e. The molecule has 2 spiro atoms. The maximum atomic E-state index is 14.1. The molecule has 0 aromatic heterocycles. The van der Waals surface area contributed by atoms with Gasteiger partial charge in [-0.1, -0.05) is 103 Å². The van der Waals surface area contributed by atoms with Gasteiger partial charge in [-0.2, -0.15) is 0 Å². The summed E-state index contributed by atoms with van der Waals surface area (Å²) in [5, 5.41) is 17.8. The first-order chi connectivity index (χ1) is 28.7. The molecule has 12 nitrogen and oxygen atoms in total. The number of allylic oxidation sites excluding steroid dienone is 1. The first kappa shape index (κ1) is 56.7. The van der Waals surface area contributed by atoms with E-state index < -0.39 is 17.6 Å². The number of halogens is 3. The second-order valence-electron chi connectivity index (χ2n) is 18.8. The number of esters is 1. The molecule has 2 fully saturated rings. The summed E-state index contributed by atoms with van der Waals surface area (Å²) in [5.74, 6) is 0.730. The van der Waals surface area contributed by atoms with E-state index in [0.29, 0.717) is 45.1 Å². The molecule has 9 N–H and O–H groups in total. The minimum atomic E-state index is -0.754. The van der Waals surface area contributed by atoms with Crippen LogP contribution in [0.25, 0.3) is 0 Å². The largest absolute Gasteiger partial charge is 1.00 e. The third kappa shape index (κ3) is 16.8. The number of aliphatic hydroxyl groups excluding tert-OH is 1. The Morgan fingerprint density at radius 1 is 0.871 bits per heavy atom. The van der Waals surface area contributed by atoms with E-state index in [1.54, 1.807) is 0 Å². The predicted molar refractivity (Wildman–Crippen MR) is 232 cm³/mol. The maximum Gasteiger partial charge on any atom is 0.350 e. The van der Waals surface area contributed by atoms with Crippen LogP contribution in [-0.4, -0.2) is 107 Å². The zero-order valence-electron chi connectivity index (χ0n) is 38.7. The molecule has 0 unspecified atom stereocenters. The molecule has 0 aromatic rings. The first-order valence-electron chi connectivity index (χ1n) is 24.7. The van der Waals surface area contributed by atoms with Crippen molar-refractivity contribution >= 4 is 17.8 Å². The predicted octanol–water partition coefficient (Wildman–Crippen LogP) is -3.52. The van der Waals surface area contributed by atoms with Gasteiger partial charge in [-0.25, -0.2) is 10.6 Å². The van der Waals surface area contributed by atoms with Crippen molar-refractivity contribution in [3.05, 3.63) is 12.2 Å². The van der Waals surface area contributed by atoms with Crippen LogP contribution in [0.1, 0.15) is 187 Å². The molecule has 0 saturated carbocycles. The number of rotatable bonds is 27. The van der Waals surface area contributed by atoms with Gasteiger partial charge in [-0.05, 0) is 58.3 Å². The van der Waals surface area contributed by atoms with E-state index in [2.05, 4.69) is 52.7 Å². The number of carbonyl (C=O) groups excluding carboxylic acids is 2. The lowest BCUT2D eigenvalue weighted by atomic mass is 9.80. The Balaban J connectivity index is 0.00000441. The Morgan fingerprint density at radius 2 is 1.52 bits per heavy atom. The molecule has 0 bridgehead atoms. The Morgan fingerprint density at radius 3 is 2.13 bits per heavy atom. The number of quaternary nitrogens is 2. The molecule has 1 amide bonds. The third-order valence-electron chi connectivity index (χ3n) is 13.9. The summed E-state index contributed by atoms with van der Waals surface area (Å²) < 4.78 is 22.2. The van der Waals surface area contributed by atoms with Crippen molar-refractivity contribution in [2.24, 2.45) is 5.92 Å². The average Bonchev–Trinajstić information content (AvgIpc) is 3.52. The van der Waals surface area contributed by atoms with Gasteiger partial charge < -0.3 is 72.9 Å². The molecular weight excluding hydrogens is 851 g/mol. The zero-order chi connectivity index (χ0) is 41.9. The fourth-order valence-electron chi connectivity index (χ4n) is 10.7. The number of aliphatic hydroxyl groups is 1. The number of carbonyl (C=O) groups is 2. The highest BCUT2D eigenvalue weighted by Crippen LogP contribution is 2.45. The van der Waals surface area contributed by atoms with E-state index in [0.717, 1.165) is 102 Å². The van der Waals surface area contributed by atoms with Crippen molar-refractivity contribution in [2.75, 3.05) is 32.8 Å². The zero-order valence-corrected chi connectivity index (χ0v) is 40.9. The van der Waals surface area contributed by atoms with Crippen molar-refractivity contribution in [3.8, 4) is 0 Å². The van der Waals surface area contributed by atoms with E-state index in [9.17, 15) is 14.7 Å². The van der Waals surface area contributed by atoms with E-state index in [1.165, 1.54) is 70.6 Å². The minimum Gasteiger partial charge on any atom is -1.00 e. The molecule has 5 aliphatic rings. The van der Waals surface area contributed by atoms with Gasteiger partial charge in [-0.15, -0.1) is 0 Å². The normalized spacial score (nSPS) is 27.8. The van der Waals surface area contributed by atoms with E-state index in [1.807, 2.05) is 4.90 Å². The Bertz CT molecular complexity index is 1350. The lowest BCUT2D eigenvalue weighted by molar-refractivity contribution is -0.609. The second-order valence-corrected chi connectivity index (χ2v) is 18.8. The van der Waals surface area contributed by atoms with Crippen LogP contribution < -0.4 is 59.3 Å². The minimum absolute atomic E-state index is 0. The van der Waals surface area contributed by atoms with Gasteiger partial charge in [0.25, 0.3) is 0 Å². The summed E-state index contributed by atoms with van der Waals surface area (Å²) in [5.41, 5.74) is 6.56. The molecule has 15 heteroatoms. The molecule has 5 aliphatic heterocycles. The lowest BCUT2D eigenvalue weighted by Gasteiger charge is -2.50.